The van der Waals surface area contributed by atoms with Gasteiger partial charge >= 0.3 is 5.97 Å². The zero-order chi connectivity index (χ0) is 28.1. The highest BCUT2D eigenvalue weighted by Gasteiger charge is 2.54. The third kappa shape index (κ3) is 6.16. The van der Waals surface area contributed by atoms with E-state index in [1.165, 1.54) is 47.1 Å². The van der Waals surface area contributed by atoms with E-state index in [2.05, 4.69) is 25.8 Å². The van der Waals surface area contributed by atoms with Crippen molar-refractivity contribution in [1.82, 2.24) is 25.5 Å². The third-order valence-electron chi connectivity index (χ3n) is 5.52. The fourth-order valence-electron chi connectivity index (χ4n) is 3.74. The van der Waals surface area contributed by atoms with Gasteiger partial charge in [0.05, 0.1) is 10.6 Å². The van der Waals surface area contributed by atoms with E-state index in [1.807, 2.05) is 0 Å². The number of carboxylic acid groups (broad SMARTS) is 1. The molecule has 7 N–H and O–H groups in total. The molecule has 39 heavy (non-hydrogen) atoms. The maximum absolute atomic E-state index is 13.0. The van der Waals surface area contributed by atoms with Gasteiger partial charge in [-0.05, 0) is 17.7 Å². The highest BCUT2D eigenvalue weighted by Crippen LogP contribution is 2.41. The van der Waals surface area contributed by atoms with Crippen molar-refractivity contribution in [3.63, 3.8) is 0 Å². The molecule has 0 spiro atoms. The minimum Gasteiger partial charge on any atom is -0.477 e. The Morgan fingerprint density at radius 2 is 2.15 bits per heavy atom. The number of fused-ring (bicyclic) bond motifs is 1. The number of rotatable bonds is 11. The summed E-state index contributed by atoms with van der Waals surface area (Å²) in [4.78, 5) is 64.2. The van der Waals surface area contributed by atoms with E-state index >= 15 is 0 Å². The number of carboxylic acids is 1. The van der Waals surface area contributed by atoms with Gasteiger partial charge in [-0.3, -0.25) is 19.3 Å². The number of hydrogen-bond donors (Lipinski definition) is 5. The number of aromatic nitrogens is 2. The quantitative estimate of drug-likeness (QED) is 0.0983. The predicted octanol–water partition coefficient (Wildman–Crippen LogP) is -0.310. The Labute approximate surface area is 234 Å². The monoisotopic (exact) mass is 592 g/mol. The first-order valence-electron chi connectivity index (χ1n) is 11.4. The van der Waals surface area contributed by atoms with Crippen LogP contribution in [-0.2, 0) is 19.2 Å². The molecule has 0 aliphatic carbocycles. The van der Waals surface area contributed by atoms with Crippen LogP contribution in [0.3, 0.4) is 0 Å². The van der Waals surface area contributed by atoms with Crippen LogP contribution in [0.1, 0.15) is 16.1 Å². The topological polar surface area (TPSA) is 215 Å². The molecule has 0 unspecified atom stereocenters. The Morgan fingerprint density at radius 1 is 1.36 bits per heavy atom. The molecule has 4 rings (SSSR count). The number of nitrogens with zero attached hydrogens (tertiary/aromatic N) is 4. The summed E-state index contributed by atoms with van der Waals surface area (Å²) >= 11 is 3.74. The Kier molecular flexibility index (Phi) is 9.05. The molecule has 206 valence electrons. The molecule has 0 bridgehead atoms. The van der Waals surface area contributed by atoms with Crippen LogP contribution in [-0.4, -0.2) is 92.5 Å². The van der Waals surface area contributed by atoms with Gasteiger partial charge in [-0.1, -0.05) is 5.16 Å². The number of nitrogen functional groups attached to an aromatic ring is 1. The van der Waals surface area contributed by atoms with Gasteiger partial charge < -0.3 is 32.0 Å². The molecule has 2 aromatic rings. The van der Waals surface area contributed by atoms with Gasteiger partial charge in [-0.2, -0.15) is 0 Å². The van der Waals surface area contributed by atoms with Crippen molar-refractivity contribution in [2.24, 2.45) is 10.9 Å². The lowest BCUT2D eigenvalue weighted by atomic mass is 10.0. The number of carbonyl (C=O) groups is 4. The molecule has 0 radical (unpaired) electrons. The number of β-lactam (4-membered cyclic amide) rings is 1. The maximum atomic E-state index is 13.0. The number of oxime groups is 1. The molecule has 2 aromatic heterocycles. The van der Waals surface area contributed by atoms with Crippen LogP contribution in [0.25, 0.3) is 0 Å². The van der Waals surface area contributed by atoms with Gasteiger partial charge in [-0.25, -0.2) is 14.8 Å². The number of hydrogen-bond acceptors (Lipinski definition) is 13. The van der Waals surface area contributed by atoms with Gasteiger partial charge in [0, 0.05) is 36.2 Å². The number of carbonyl (C=O) groups excluding carboxylic acids is 3. The summed E-state index contributed by atoms with van der Waals surface area (Å²) in [6, 6.07) is 2.33. The van der Waals surface area contributed by atoms with Crippen molar-refractivity contribution in [1.29, 1.82) is 0 Å². The maximum Gasteiger partial charge on any atom is 0.352 e. The third-order valence-corrected chi connectivity index (χ3v) is 8.56. The van der Waals surface area contributed by atoms with Gasteiger partial charge in [0.25, 0.3) is 17.7 Å². The summed E-state index contributed by atoms with van der Waals surface area (Å²) in [7, 11) is 1.27. The Morgan fingerprint density at radius 3 is 2.77 bits per heavy atom. The van der Waals surface area contributed by atoms with Crippen LogP contribution in [0.15, 0.2) is 45.2 Å². The van der Waals surface area contributed by atoms with Gasteiger partial charge in [-0.15, -0.1) is 34.9 Å². The average Bonchev–Trinajstić information content (AvgIpc) is 3.37. The number of anilines is 1. The summed E-state index contributed by atoms with van der Waals surface area (Å²) in [6.45, 7) is 0.674. The van der Waals surface area contributed by atoms with Crippen LogP contribution in [0.5, 0.6) is 0 Å². The lowest BCUT2D eigenvalue weighted by Crippen LogP contribution is -2.71. The minimum atomic E-state index is -1.24. The van der Waals surface area contributed by atoms with E-state index in [0.717, 1.165) is 11.3 Å². The first-order valence-corrected chi connectivity index (χ1v) is 14.3. The number of thiazole rings is 1. The van der Waals surface area contributed by atoms with Crippen LogP contribution in [0.2, 0.25) is 0 Å². The average molecular weight is 593 g/mol. The predicted molar refractivity (Wildman–Crippen MR) is 146 cm³/mol. The summed E-state index contributed by atoms with van der Waals surface area (Å²) in [6.07, 6.45) is 1.43. The number of amides is 3. The highest BCUT2D eigenvalue weighted by atomic mass is 32.2. The molecule has 2 atom stereocenters. The SMILES string of the molecule is CO/N=C(\C(=O)N[C@@H]1C(=O)N2C(C(=O)O)=C(CSc3ccc(C(=O)NCCN)cn3)CS[C@H]12)c1csc(N)n1. The molecule has 14 nitrogen and oxygen atoms in total. The summed E-state index contributed by atoms with van der Waals surface area (Å²) in [5, 5.41) is 20.6. The van der Waals surface area contributed by atoms with Crippen molar-refractivity contribution >= 4 is 69.4 Å². The summed E-state index contributed by atoms with van der Waals surface area (Å²) in [5.41, 5.74) is 11.9. The number of thioether (sulfide) groups is 2. The second-order valence-corrected chi connectivity index (χ2v) is 11.0. The lowest BCUT2D eigenvalue weighted by molar-refractivity contribution is -0.150. The molecule has 2 aliphatic heterocycles. The first-order chi connectivity index (χ1) is 18.7. The Balaban J connectivity index is 1.43. The molecule has 4 heterocycles. The van der Waals surface area contributed by atoms with E-state index in [-0.39, 0.29) is 33.9 Å². The molecule has 0 aromatic carbocycles. The van der Waals surface area contributed by atoms with Crippen molar-refractivity contribution in [2.75, 3.05) is 37.4 Å². The van der Waals surface area contributed by atoms with Crippen LogP contribution >= 0.6 is 34.9 Å². The zero-order valence-corrected chi connectivity index (χ0v) is 22.9. The molecule has 1 fully saturated rings. The molecule has 1 saturated heterocycles. The number of pyridine rings is 1. The van der Waals surface area contributed by atoms with Crippen molar-refractivity contribution in [3.8, 4) is 0 Å². The molecular weight excluding hydrogens is 568 g/mol. The smallest absolute Gasteiger partial charge is 0.352 e. The zero-order valence-electron chi connectivity index (χ0n) is 20.4. The fraction of sp³-hybridized carbons (Fsp3) is 0.318. The molecule has 3 amide bonds. The van der Waals surface area contributed by atoms with E-state index < -0.39 is 29.2 Å². The number of aliphatic carboxylic acids is 1. The van der Waals surface area contributed by atoms with Crippen molar-refractivity contribution < 1.29 is 29.1 Å². The van der Waals surface area contributed by atoms with E-state index in [0.29, 0.717) is 35.0 Å². The first kappa shape index (κ1) is 28.3. The van der Waals surface area contributed by atoms with Gasteiger partial charge in [0.2, 0.25) is 0 Å². The largest absolute Gasteiger partial charge is 0.477 e. The molecule has 2 aliphatic rings. The highest BCUT2D eigenvalue weighted by molar-refractivity contribution is 8.01. The second kappa shape index (κ2) is 12.5. The molecule has 0 saturated carbocycles. The lowest BCUT2D eigenvalue weighted by Gasteiger charge is -2.49. The molecule has 17 heteroatoms. The van der Waals surface area contributed by atoms with E-state index in [4.69, 9.17) is 16.3 Å². The summed E-state index contributed by atoms with van der Waals surface area (Å²) < 4.78 is 0. The fourth-order valence-corrected chi connectivity index (χ4v) is 6.62. The van der Waals surface area contributed by atoms with Crippen molar-refractivity contribution in [2.45, 2.75) is 16.4 Å². The summed E-state index contributed by atoms with van der Waals surface area (Å²) in [5.74, 6) is -2.19. The van der Waals surface area contributed by atoms with E-state index in [1.54, 1.807) is 12.1 Å². The Hall–Kier alpha value is -3.67. The van der Waals surface area contributed by atoms with Gasteiger partial charge in [0.15, 0.2) is 10.8 Å². The van der Waals surface area contributed by atoms with E-state index in [9.17, 15) is 24.3 Å². The molecular formula is C22H24N8O6S3. The van der Waals surface area contributed by atoms with Crippen LogP contribution in [0.4, 0.5) is 5.13 Å². The second-order valence-electron chi connectivity index (χ2n) is 8.03. The van der Waals surface area contributed by atoms with Crippen LogP contribution < -0.4 is 22.1 Å². The minimum absolute atomic E-state index is 0.113. The van der Waals surface area contributed by atoms with Gasteiger partial charge in [0.1, 0.15) is 29.9 Å². The van der Waals surface area contributed by atoms with Crippen LogP contribution in [0, 0.1) is 0 Å². The number of nitrogens with one attached hydrogen (secondary N) is 2. The van der Waals surface area contributed by atoms with Crippen molar-refractivity contribution in [3.05, 3.63) is 46.2 Å². The normalized spacial score (nSPS) is 18.8. The standard InChI is InChI=1S/C22H24N8O6S3/c1-36-29-14(12-9-39-22(24)27-12)18(32)28-15-19(33)30-16(21(34)35)11(8-38-20(15)30)7-37-13-3-2-10(6-26-13)17(31)25-5-4-23/h2-3,6,9,15,20H,4-5,7-8,23H2,1H3,(H2,24,27)(H,25,31)(H,28,32)(H,34,35)/b29-14-/t15-,20-/m1/s1. The number of nitrogens with two attached hydrogens (primary N) is 2. The Bertz CT molecular complexity index is 1350.